The molecule has 0 aliphatic rings. The van der Waals surface area contributed by atoms with Crippen molar-refractivity contribution >= 4 is 39.4 Å². The van der Waals surface area contributed by atoms with Crippen LogP contribution in [0.25, 0.3) is 11.2 Å². The zero-order valence-corrected chi connectivity index (χ0v) is 19.6. The highest BCUT2D eigenvalue weighted by atomic mass is 32.2. The van der Waals surface area contributed by atoms with E-state index in [1.807, 2.05) is 41.8 Å². The standard InChI is InChI=1S/C21H25N7O2S2/c1-3-5-11-27-15(13-31-21-26-25-19(32-21)22-4-2)23-17-16(27)18(29)24-20(30)28(17)12-14-9-7-6-8-10-14/h6-10H,3-5,11-13H2,1-2H3,(H,22,25)(H,24,29,30). The number of aromatic nitrogens is 6. The van der Waals surface area contributed by atoms with Gasteiger partial charge in [-0.15, -0.1) is 10.2 Å². The highest BCUT2D eigenvalue weighted by Crippen LogP contribution is 2.29. The van der Waals surface area contributed by atoms with Crippen molar-refractivity contribution in [1.82, 2.24) is 29.3 Å². The number of nitrogens with zero attached hydrogens (tertiary/aromatic N) is 5. The molecule has 1 aromatic carbocycles. The Morgan fingerprint density at radius 1 is 1.12 bits per heavy atom. The fraction of sp³-hybridized carbons (Fsp3) is 0.381. The van der Waals surface area contributed by atoms with Crippen molar-refractivity contribution in [3.8, 4) is 0 Å². The number of thioether (sulfide) groups is 1. The molecular formula is C21H25N7O2S2. The fourth-order valence-corrected chi connectivity index (χ4v) is 5.18. The van der Waals surface area contributed by atoms with Crippen LogP contribution in [-0.4, -0.2) is 35.8 Å². The molecule has 0 unspecified atom stereocenters. The van der Waals surface area contributed by atoms with E-state index in [4.69, 9.17) is 4.98 Å². The second-order valence-corrected chi connectivity index (χ2v) is 9.43. The Balaban J connectivity index is 1.73. The van der Waals surface area contributed by atoms with Gasteiger partial charge < -0.3 is 9.88 Å². The Labute approximate surface area is 192 Å². The summed E-state index contributed by atoms with van der Waals surface area (Å²) in [7, 11) is 0. The van der Waals surface area contributed by atoms with Gasteiger partial charge in [0.25, 0.3) is 5.56 Å². The van der Waals surface area contributed by atoms with Crippen LogP contribution in [0.5, 0.6) is 0 Å². The van der Waals surface area contributed by atoms with Crippen molar-refractivity contribution < 1.29 is 0 Å². The van der Waals surface area contributed by atoms with Crippen molar-refractivity contribution in [3.63, 3.8) is 0 Å². The average molecular weight is 472 g/mol. The number of hydrogen-bond acceptors (Lipinski definition) is 8. The van der Waals surface area contributed by atoms with E-state index in [1.54, 1.807) is 0 Å². The number of benzene rings is 1. The minimum atomic E-state index is -0.454. The number of fused-ring (bicyclic) bond motifs is 1. The van der Waals surface area contributed by atoms with Crippen LogP contribution >= 0.6 is 23.1 Å². The molecule has 11 heteroatoms. The van der Waals surface area contributed by atoms with Crippen molar-refractivity contribution in [2.45, 2.75) is 49.9 Å². The Bertz CT molecular complexity index is 1310. The van der Waals surface area contributed by atoms with Gasteiger partial charge in [-0.1, -0.05) is 66.8 Å². The number of unbranched alkanes of at least 4 members (excludes halogenated alkanes) is 1. The first kappa shape index (κ1) is 22.3. The number of aromatic amines is 1. The van der Waals surface area contributed by atoms with Crippen LogP contribution in [0.4, 0.5) is 5.13 Å². The maximum absolute atomic E-state index is 12.8. The number of H-pyrrole nitrogens is 1. The minimum Gasteiger partial charge on any atom is -0.360 e. The van der Waals surface area contributed by atoms with Crippen molar-refractivity contribution in [2.75, 3.05) is 11.9 Å². The third-order valence-electron chi connectivity index (χ3n) is 4.94. The van der Waals surface area contributed by atoms with Gasteiger partial charge in [-0.2, -0.15) is 0 Å². The molecule has 0 spiro atoms. The monoisotopic (exact) mass is 471 g/mol. The molecule has 0 aliphatic carbocycles. The van der Waals surface area contributed by atoms with E-state index in [0.29, 0.717) is 30.0 Å². The first-order chi connectivity index (χ1) is 15.6. The smallest absolute Gasteiger partial charge is 0.330 e. The van der Waals surface area contributed by atoms with E-state index in [1.165, 1.54) is 27.7 Å². The van der Waals surface area contributed by atoms with Crippen LogP contribution in [0.3, 0.4) is 0 Å². The average Bonchev–Trinajstić information content (AvgIpc) is 3.39. The number of hydrogen-bond donors (Lipinski definition) is 2. The number of rotatable bonds is 10. The van der Waals surface area contributed by atoms with Gasteiger partial charge in [-0.25, -0.2) is 9.78 Å². The van der Waals surface area contributed by atoms with Gasteiger partial charge in [0.05, 0.1) is 12.3 Å². The summed E-state index contributed by atoms with van der Waals surface area (Å²) in [5.41, 5.74) is 0.964. The van der Waals surface area contributed by atoms with Crippen LogP contribution in [-0.2, 0) is 18.8 Å². The van der Waals surface area contributed by atoms with E-state index < -0.39 is 11.2 Å². The zero-order chi connectivity index (χ0) is 22.5. The van der Waals surface area contributed by atoms with Gasteiger partial charge in [-0.05, 0) is 18.9 Å². The van der Waals surface area contributed by atoms with Gasteiger partial charge in [0.15, 0.2) is 15.5 Å². The molecule has 0 radical (unpaired) electrons. The van der Waals surface area contributed by atoms with Gasteiger partial charge in [0, 0.05) is 13.1 Å². The predicted octanol–water partition coefficient (Wildman–Crippen LogP) is 3.31. The SMILES string of the molecule is CCCCn1c(CSc2nnc(NCC)s2)nc2c1c(=O)[nH]c(=O)n2Cc1ccccc1. The van der Waals surface area contributed by atoms with E-state index >= 15 is 0 Å². The topological polar surface area (TPSA) is 110 Å². The Morgan fingerprint density at radius 2 is 1.94 bits per heavy atom. The van der Waals surface area contributed by atoms with Gasteiger partial charge in [0.2, 0.25) is 5.13 Å². The molecular weight excluding hydrogens is 446 g/mol. The lowest BCUT2D eigenvalue weighted by Crippen LogP contribution is -2.31. The normalized spacial score (nSPS) is 11.3. The molecule has 0 aliphatic heterocycles. The summed E-state index contributed by atoms with van der Waals surface area (Å²) in [4.78, 5) is 32.7. The third-order valence-corrected chi connectivity index (χ3v) is 6.95. The number of anilines is 1. The van der Waals surface area contributed by atoms with Crippen molar-refractivity contribution in [2.24, 2.45) is 0 Å². The van der Waals surface area contributed by atoms with Crippen molar-refractivity contribution in [3.05, 3.63) is 62.6 Å². The minimum absolute atomic E-state index is 0.340. The molecule has 0 bridgehead atoms. The first-order valence-electron chi connectivity index (χ1n) is 10.6. The van der Waals surface area contributed by atoms with E-state index in [0.717, 1.165) is 40.2 Å². The number of imidazole rings is 1. The van der Waals surface area contributed by atoms with E-state index in [2.05, 4.69) is 27.4 Å². The quantitative estimate of drug-likeness (QED) is 0.341. The molecule has 0 saturated heterocycles. The summed E-state index contributed by atoms with van der Waals surface area (Å²) in [6, 6.07) is 9.68. The third kappa shape index (κ3) is 4.78. The molecule has 3 heterocycles. The Hall–Kier alpha value is -2.92. The highest BCUT2D eigenvalue weighted by Gasteiger charge is 2.19. The Morgan fingerprint density at radius 3 is 2.69 bits per heavy atom. The summed E-state index contributed by atoms with van der Waals surface area (Å²) in [6.45, 7) is 5.90. The summed E-state index contributed by atoms with van der Waals surface area (Å²) >= 11 is 3.01. The number of aryl methyl sites for hydroxylation is 1. The maximum Gasteiger partial charge on any atom is 0.330 e. The molecule has 32 heavy (non-hydrogen) atoms. The van der Waals surface area contributed by atoms with Crippen LogP contribution in [0.15, 0.2) is 44.3 Å². The summed E-state index contributed by atoms with van der Waals surface area (Å²) < 4.78 is 4.31. The Kier molecular flexibility index (Phi) is 7.05. The number of nitrogens with one attached hydrogen (secondary N) is 2. The van der Waals surface area contributed by atoms with Crippen LogP contribution in [0, 0.1) is 0 Å². The first-order valence-corrected chi connectivity index (χ1v) is 12.4. The lowest BCUT2D eigenvalue weighted by atomic mass is 10.2. The molecule has 4 rings (SSSR count). The highest BCUT2D eigenvalue weighted by molar-refractivity contribution is 8.00. The van der Waals surface area contributed by atoms with Gasteiger partial charge >= 0.3 is 5.69 Å². The van der Waals surface area contributed by atoms with Gasteiger partial charge in [0.1, 0.15) is 5.82 Å². The second-order valence-electron chi connectivity index (χ2n) is 7.23. The fourth-order valence-electron chi connectivity index (χ4n) is 3.41. The van der Waals surface area contributed by atoms with Crippen LogP contribution in [0.1, 0.15) is 38.1 Å². The summed E-state index contributed by atoms with van der Waals surface area (Å²) in [5.74, 6) is 1.27. The molecule has 4 aromatic rings. The van der Waals surface area contributed by atoms with E-state index in [9.17, 15) is 9.59 Å². The van der Waals surface area contributed by atoms with Gasteiger partial charge in [-0.3, -0.25) is 14.3 Å². The van der Waals surface area contributed by atoms with Crippen LogP contribution in [0.2, 0.25) is 0 Å². The molecule has 9 nitrogen and oxygen atoms in total. The lowest BCUT2D eigenvalue weighted by molar-refractivity contribution is 0.626. The maximum atomic E-state index is 12.8. The second kappa shape index (κ2) is 10.1. The largest absolute Gasteiger partial charge is 0.360 e. The van der Waals surface area contributed by atoms with Crippen molar-refractivity contribution in [1.29, 1.82) is 0 Å². The summed E-state index contributed by atoms with van der Waals surface area (Å²) in [5, 5.41) is 12.3. The lowest BCUT2D eigenvalue weighted by Gasteiger charge is -2.08. The van der Waals surface area contributed by atoms with E-state index in [-0.39, 0.29) is 0 Å². The molecule has 0 saturated carbocycles. The predicted molar refractivity (Wildman–Crippen MR) is 129 cm³/mol. The molecule has 3 aromatic heterocycles. The molecule has 2 N–H and O–H groups in total. The molecule has 0 fully saturated rings. The van der Waals surface area contributed by atoms with Crippen LogP contribution < -0.4 is 16.6 Å². The molecule has 0 atom stereocenters. The molecule has 168 valence electrons. The zero-order valence-electron chi connectivity index (χ0n) is 18.0. The molecule has 0 amide bonds. The summed E-state index contributed by atoms with van der Waals surface area (Å²) in [6.07, 6.45) is 1.89.